The van der Waals surface area contributed by atoms with Crippen molar-refractivity contribution in [3.05, 3.63) is 0 Å². The lowest BCUT2D eigenvalue weighted by atomic mass is 9.76. The minimum Gasteiger partial charge on any atom is -0.481 e. The summed E-state index contributed by atoms with van der Waals surface area (Å²) in [4.78, 5) is 23.9. The van der Waals surface area contributed by atoms with E-state index in [1.54, 1.807) is 20.8 Å². The van der Waals surface area contributed by atoms with E-state index in [-0.39, 0.29) is 18.6 Å². The highest BCUT2D eigenvalue weighted by atomic mass is 16.6. The van der Waals surface area contributed by atoms with Crippen molar-refractivity contribution in [3.8, 4) is 0 Å². The van der Waals surface area contributed by atoms with Crippen LogP contribution in [0.4, 0.5) is 4.79 Å². The van der Waals surface area contributed by atoms with Gasteiger partial charge < -0.3 is 19.9 Å². The van der Waals surface area contributed by atoms with E-state index in [4.69, 9.17) is 9.47 Å². The van der Waals surface area contributed by atoms with Gasteiger partial charge in [-0.3, -0.25) is 4.79 Å². The molecular formula is C17H29NO5. The Morgan fingerprint density at radius 2 is 1.91 bits per heavy atom. The summed E-state index contributed by atoms with van der Waals surface area (Å²) in [7, 11) is 0. The Balaban J connectivity index is 2.01. The van der Waals surface area contributed by atoms with Crippen LogP contribution in [0.2, 0.25) is 0 Å². The molecule has 0 bridgehead atoms. The summed E-state index contributed by atoms with van der Waals surface area (Å²) in [6.45, 7) is 6.15. The SMILES string of the molecule is CC(C)(C)OC(=O)NCC(CC1CCCCO1)(C(=O)O)C1CC1. The fourth-order valence-corrected chi connectivity index (χ4v) is 3.28. The summed E-state index contributed by atoms with van der Waals surface area (Å²) >= 11 is 0. The van der Waals surface area contributed by atoms with Crippen molar-refractivity contribution >= 4 is 12.1 Å². The van der Waals surface area contributed by atoms with Crippen LogP contribution in [-0.4, -0.2) is 42.0 Å². The molecule has 23 heavy (non-hydrogen) atoms. The number of rotatable bonds is 6. The molecule has 2 N–H and O–H groups in total. The van der Waals surface area contributed by atoms with Crippen LogP contribution < -0.4 is 5.32 Å². The normalized spacial score (nSPS) is 24.6. The van der Waals surface area contributed by atoms with Crippen LogP contribution in [0.1, 0.15) is 59.3 Å². The molecule has 1 aliphatic heterocycles. The first-order chi connectivity index (χ1) is 10.7. The first-order valence-electron chi connectivity index (χ1n) is 8.55. The molecule has 0 aromatic carbocycles. The third-order valence-corrected chi connectivity index (χ3v) is 4.60. The zero-order valence-corrected chi connectivity index (χ0v) is 14.4. The second-order valence-corrected chi connectivity index (χ2v) is 7.78. The fourth-order valence-electron chi connectivity index (χ4n) is 3.28. The molecular weight excluding hydrogens is 298 g/mol. The first kappa shape index (κ1) is 18.0. The first-order valence-corrected chi connectivity index (χ1v) is 8.55. The summed E-state index contributed by atoms with van der Waals surface area (Å²) in [5, 5.41) is 12.5. The van der Waals surface area contributed by atoms with E-state index < -0.39 is 23.1 Å². The van der Waals surface area contributed by atoms with Gasteiger partial charge >= 0.3 is 12.1 Å². The number of carboxylic acids is 1. The molecule has 1 heterocycles. The standard InChI is InChI=1S/C17H29NO5/c1-16(2,3)23-15(21)18-11-17(14(19)20,12-7-8-12)10-13-6-4-5-9-22-13/h12-13H,4-11H2,1-3H3,(H,18,21)(H,19,20). The van der Waals surface area contributed by atoms with Crippen LogP contribution in [0.25, 0.3) is 0 Å². The van der Waals surface area contributed by atoms with Gasteiger partial charge in [0.05, 0.1) is 11.5 Å². The van der Waals surface area contributed by atoms with E-state index in [0.29, 0.717) is 13.0 Å². The minimum atomic E-state index is -0.946. The van der Waals surface area contributed by atoms with Gasteiger partial charge in [-0.05, 0) is 65.2 Å². The Morgan fingerprint density at radius 1 is 1.22 bits per heavy atom. The molecule has 132 valence electrons. The van der Waals surface area contributed by atoms with Gasteiger partial charge in [-0.2, -0.15) is 0 Å². The van der Waals surface area contributed by atoms with Crippen molar-refractivity contribution < 1.29 is 24.2 Å². The van der Waals surface area contributed by atoms with Crippen molar-refractivity contribution in [2.75, 3.05) is 13.2 Å². The third-order valence-electron chi connectivity index (χ3n) is 4.60. The predicted octanol–water partition coefficient (Wildman–Crippen LogP) is 2.95. The van der Waals surface area contributed by atoms with Crippen LogP contribution >= 0.6 is 0 Å². The molecule has 0 aromatic heterocycles. The Bertz CT molecular complexity index is 435. The maximum atomic E-state index is 12.0. The van der Waals surface area contributed by atoms with Crippen LogP contribution in [0, 0.1) is 11.3 Å². The summed E-state index contributed by atoms with van der Waals surface area (Å²) in [5.41, 5.74) is -1.54. The average molecular weight is 327 g/mol. The van der Waals surface area contributed by atoms with Gasteiger partial charge in [0.15, 0.2) is 0 Å². The quantitative estimate of drug-likeness (QED) is 0.783. The number of alkyl carbamates (subject to hydrolysis) is 1. The van der Waals surface area contributed by atoms with Gasteiger partial charge in [-0.1, -0.05) is 0 Å². The molecule has 6 nitrogen and oxygen atoms in total. The molecule has 2 fully saturated rings. The molecule has 1 aliphatic carbocycles. The topological polar surface area (TPSA) is 84.9 Å². The number of nitrogens with one attached hydrogen (secondary N) is 1. The minimum absolute atomic E-state index is 0.0270. The lowest BCUT2D eigenvalue weighted by Gasteiger charge is -2.35. The molecule has 0 aromatic rings. The molecule has 2 atom stereocenters. The van der Waals surface area contributed by atoms with E-state index >= 15 is 0 Å². The molecule has 0 radical (unpaired) electrons. The van der Waals surface area contributed by atoms with Gasteiger partial charge in [-0.15, -0.1) is 0 Å². The van der Waals surface area contributed by atoms with Gasteiger partial charge in [0.25, 0.3) is 0 Å². The number of carbonyl (C=O) groups is 2. The van der Waals surface area contributed by atoms with Crippen LogP contribution in [-0.2, 0) is 14.3 Å². The fraction of sp³-hybridized carbons (Fsp3) is 0.882. The summed E-state index contributed by atoms with van der Waals surface area (Å²) in [6, 6.07) is 0. The van der Waals surface area contributed by atoms with Gasteiger partial charge in [-0.25, -0.2) is 4.79 Å². The summed E-state index contributed by atoms with van der Waals surface area (Å²) in [6.07, 6.45) is 4.68. The zero-order valence-electron chi connectivity index (χ0n) is 14.4. The Kier molecular flexibility index (Phi) is 5.55. The van der Waals surface area contributed by atoms with Crippen molar-refractivity contribution in [1.82, 2.24) is 5.32 Å². The number of carboxylic acid groups (broad SMARTS) is 1. The van der Waals surface area contributed by atoms with E-state index in [2.05, 4.69) is 5.32 Å². The van der Waals surface area contributed by atoms with Crippen molar-refractivity contribution in [3.63, 3.8) is 0 Å². The van der Waals surface area contributed by atoms with Crippen molar-refractivity contribution in [1.29, 1.82) is 0 Å². The molecule has 6 heteroatoms. The Labute approximate surface area is 137 Å². The molecule has 0 spiro atoms. The number of carbonyl (C=O) groups excluding carboxylic acids is 1. The van der Waals surface area contributed by atoms with Crippen LogP contribution in [0.5, 0.6) is 0 Å². The number of ether oxygens (including phenoxy) is 2. The average Bonchev–Trinajstić information content (AvgIpc) is 3.27. The van der Waals surface area contributed by atoms with Gasteiger partial charge in [0, 0.05) is 13.2 Å². The number of amides is 1. The molecule has 2 rings (SSSR count). The van der Waals surface area contributed by atoms with Gasteiger partial charge in [0.2, 0.25) is 0 Å². The summed E-state index contributed by atoms with van der Waals surface area (Å²) in [5.74, 6) is -0.731. The monoisotopic (exact) mass is 327 g/mol. The molecule has 2 aliphatic rings. The van der Waals surface area contributed by atoms with Crippen LogP contribution in [0.15, 0.2) is 0 Å². The second-order valence-electron chi connectivity index (χ2n) is 7.78. The smallest absolute Gasteiger partial charge is 0.407 e. The van der Waals surface area contributed by atoms with E-state index in [0.717, 1.165) is 32.1 Å². The lowest BCUT2D eigenvalue weighted by molar-refractivity contribution is -0.153. The van der Waals surface area contributed by atoms with E-state index in [1.807, 2.05) is 0 Å². The van der Waals surface area contributed by atoms with E-state index in [1.165, 1.54) is 0 Å². The predicted molar refractivity (Wildman–Crippen MR) is 85.2 cm³/mol. The highest BCUT2D eigenvalue weighted by Gasteiger charge is 2.52. The molecule has 1 amide bonds. The van der Waals surface area contributed by atoms with E-state index in [9.17, 15) is 14.7 Å². The highest BCUT2D eigenvalue weighted by molar-refractivity contribution is 5.77. The Hall–Kier alpha value is -1.30. The number of hydrogen-bond donors (Lipinski definition) is 2. The Morgan fingerprint density at radius 3 is 2.39 bits per heavy atom. The molecule has 1 saturated heterocycles. The highest BCUT2D eigenvalue weighted by Crippen LogP contribution is 2.49. The maximum absolute atomic E-state index is 12.0. The van der Waals surface area contributed by atoms with Crippen molar-refractivity contribution in [2.24, 2.45) is 11.3 Å². The van der Waals surface area contributed by atoms with Crippen molar-refractivity contribution in [2.45, 2.75) is 71.0 Å². The number of hydrogen-bond acceptors (Lipinski definition) is 4. The molecule has 2 unspecified atom stereocenters. The van der Waals surface area contributed by atoms with Gasteiger partial charge in [0.1, 0.15) is 5.60 Å². The second kappa shape index (κ2) is 7.07. The van der Waals surface area contributed by atoms with Crippen LogP contribution in [0.3, 0.4) is 0 Å². The maximum Gasteiger partial charge on any atom is 0.407 e. The summed E-state index contributed by atoms with van der Waals surface area (Å²) < 4.78 is 11.0. The zero-order chi connectivity index (χ0) is 17.1. The third kappa shape index (κ3) is 5.09. The lowest BCUT2D eigenvalue weighted by Crippen LogP contribution is -2.48. The number of aliphatic carboxylic acids is 1. The molecule has 1 saturated carbocycles. The largest absolute Gasteiger partial charge is 0.481 e.